The van der Waals surface area contributed by atoms with E-state index in [1.807, 2.05) is 0 Å². The first-order valence-corrected chi connectivity index (χ1v) is 4.55. The van der Waals surface area contributed by atoms with Gasteiger partial charge in [0, 0.05) is 13.1 Å². The van der Waals surface area contributed by atoms with Crippen molar-refractivity contribution in [3.8, 4) is 0 Å². The van der Waals surface area contributed by atoms with E-state index in [9.17, 15) is 18.0 Å². The average Bonchev–Trinajstić information content (AvgIpc) is 2.47. The average molecular weight is 222 g/mol. The third-order valence-electron chi connectivity index (χ3n) is 2.23. The van der Waals surface area contributed by atoms with Crippen molar-refractivity contribution in [3.63, 3.8) is 0 Å². The molecule has 0 aliphatic heterocycles. The Labute approximate surface area is 85.7 Å². The van der Waals surface area contributed by atoms with Gasteiger partial charge in [0.2, 0.25) is 5.91 Å². The molecule has 0 bridgehead atoms. The summed E-state index contributed by atoms with van der Waals surface area (Å²) < 4.78 is 36.0. The number of alkyl halides is 3. The van der Waals surface area contributed by atoms with E-state index in [1.165, 1.54) is 0 Å². The van der Waals surface area contributed by atoms with E-state index in [2.05, 4.69) is 0 Å². The van der Waals surface area contributed by atoms with Crippen LogP contribution >= 0.6 is 0 Å². The van der Waals surface area contributed by atoms with Gasteiger partial charge in [0.25, 0.3) is 0 Å². The van der Waals surface area contributed by atoms with Crippen LogP contribution in [-0.2, 0) is 4.79 Å². The van der Waals surface area contributed by atoms with Crippen LogP contribution in [0.5, 0.6) is 0 Å². The van der Waals surface area contributed by atoms with Gasteiger partial charge in [-0.15, -0.1) is 0 Å². The summed E-state index contributed by atoms with van der Waals surface area (Å²) in [6.45, 7) is -1.22. The molecular formula is C9H13F3N2O. The maximum Gasteiger partial charge on any atom is 0.406 e. The highest BCUT2D eigenvalue weighted by Crippen LogP contribution is 2.21. The van der Waals surface area contributed by atoms with Gasteiger partial charge in [-0.2, -0.15) is 13.2 Å². The normalized spacial score (nSPS) is 25.7. The van der Waals surface area contributed by atoms with Gasteiger partial charge < -0.3 is 10.6 Å². The van der Waals surface area contributed by atoms with Crippen LogP contribution in [0.3, 0.4) is 0 Å². The molecule has 1 rings (SSSR count). The fourth-order valence-electron chi connectivity index (χ4n) is 1.54. The van der Waals surface area contributed by atoms with Gasteiger partial charge in [-0.25, -0.2) is 0 Å². The van der Waals surface area contributed by atoms with Gasteiger partial charge in [-0.1, -0.05) is 12.2 Å². The maximum atomic E-state index is 12.0. The number of halogens is 3. The summed E-state index contributed by atoms with van der Waals surface area (Å²) in [5.41, 5.74) is 5.51. The van der Waals surface area contributed by atoms with Crippen molar-refractivity contribution >= 4 is 5.91 Å². The Hall–Kier alpha value is -1.04. The SMILES string of the molecule is CN(CC(F)(F)F)C(=O)C1C=CC(N)C1. The summed E-state index contributed by atoms with van der Waals surface area (Å²) in [6.07, 6.45) is -0.750. The van der Waals surface area contributed by atoms with E-state index >= 15 is 0 Å². The largest absolute Gasteiger partial charge is 0.406 e. The fourth-order valence-corrected chi connectivity index (χ4v) is 1.54. The van der Waals surface area contributed by atoms with Crippen molar-refractivity contribution < 1.29 is 18.0 Å². The molecule has 0 aromatic heterocycles. The lowest BCUT2D eigenvalue weighted by Crippen LogP contribution is -2.39. The molecule has 0 fully saturated rings. The first kappa shape index (κ1) is 12.0. The first-order valence-electron chi connectivity index (χ1n) is 4.55. The summed E-state index contributed by atoms with van der Waals surface area (Å²) in [4.78, 5) is 12.2. The number of nitrogens with two attached hydrogens (primary N) is 1. The zero-order chi connectivity index (χ0) is 11.6. The molecule has 1 aliphatic carbocycles. The van der Waals surface area contributed by atoms with E-state index in [0.29, 0.717) is 11.3 Å². The Bertz CT molecular complexity index is 275. The first-order chi connectivity index (χ1) is 6.79. The monoisotopic (exact) mass is 222 g/mol. The lowest BCUT2D eigenvalue weighted by atomic mass is 10.1. The number of carbonyl (C=O) groups excluding carboxylic acids is 1. The second-order valence-corrected chi connectivity index (χ2v) is 3.70. The number of carbonyl (C=O) groups is 1. The van der Waals surface area contributed by atoms with E-state index < -0.39 is 24.5 Å². The molecule has 0 aromatic carbocycles. The minimum atomic E-state index is -4.35. The zero-order valence-electron chi connectivity index (χ0n) is 8.29. The fraction of sp³-hybridized carbons (Fsp3) is 0.667. The lowest BCUT2D eigenvalue weighted by Gasteiger charge is -2.21. The molecule has 3 nitrogen and oxygen atoms in total. The minimum Gasteiger partial charge on any atom is -0.336 e. The molecule has 0 spiro atoms. The highest BCUT2D eigenvalue weighted by Gasteiger charge is 2.34. The van der Waals surface area contributed by atoms with E-state index in [4.69, 9.17) is 5.73 Å². The molecule has 0 saturated carbocycles. The molecule has 2 atom stereocenters. The number of rotatable bonds is 2. The molecular weight excluding hydrogens is 209 g/mol. The molecule has 6 heteroatoms. The van der Waals surface area contributed by atoms with Gasteiger partial charge >= 0.3 is 6.18 Å². The van der Waals surface area contributed by atoms with Crippen molar-refractivity contribution in [1.29, 1.82) is 0 Å². The second kappa shape index (κ2) is 4.22. The van der Waals surface area contributed by atoms with Crippen molar-refractivity contribution in [2.75, 3.05) is 13.6 Å². The summed E-state index contributed by atoms with van der Waals surface area (Å²) in [5, 5.41) is 0. The van der Waals surface area contributed by atoms with Crippen LogP contribution in [0.4, 0.5) is 13.2 Å². The predicted octanol–water partition coefficient (Wildman–Crippen LogP) is 0.911. The van der Waals surface area contributed by atoms with Crippen LogP contribution in [0.1, 0.15) is 6.42 Å². The topological polar surface area (TPSA) is 46.3 Å². The maximum absolute atomic E-state index is 12.0. The quantitative estimate of drug-likeness (QED) is 0.706. The highest BCUT2D eigenvalue weighted by molar-refractivity contribution is 5.81. The number of hydrogen-bond donors (Lipinski definition) is 1. The van der Waals surface area contributed by atoms with Crippen LogP contribution in [0, 0.1) is 5.92 Å². The zero-order valence-corrected chi connectivity index (χ0v) is 8.29. The molecule has 0 radical (unpaired) electrons. The molecule has 1 aliphatic rings. The van der Waals surface area contributed by atoms with Crippen LogP contribution < -0.4 is 5.73 Å². The van der Waals surface area contributed by atoms with Crippen LogP contribution in [0.2, 0.25) is 0 Å². The molecule has 0 aromatic rings. The molecule has 0 saturated heterocycles. The molecule has 15 heavy (non-hydrogen) atoms. The molecule has 2 N–H and O–H groups in total. The third kappa shape index (κ3) is 3.54. The van der Waals surface area contributed by atoms with Gasteiger partial charge in [0.1, 0.15) is 6.54 Å². The van der Waals surface area contributed by atoms with Crippen molar-refractivity contribution in [2.24, 2.45) is 11.7 Å². The van der Waals surface area contributed by atoms with Crippen molar-refractivity contribution in [1.82, 2.24) is 4.90 Å². The Kier molecular flexibility index (Phi) is 3.38. The van der Waals surface area contributed by atoms with Gasteiger partial charge in [0.05, 0.1) is 5.92 Å². The Balaban J connectivity index is 2.51. The molecule has 0 heterocycles. The summed E-state index contributed by atoms with van der Waals surface area (Å²) in [7, 11) is 1.15. The molecule has 2 unspecified atom stereocenters. The van der Waals surface area contributed by atoms with E-state index in [1.54, 1.807) is 12.2 Å². The number of nitrogens with zero attached hydrogens (tertiary/aromatic N) is 1. The summed E-state index contributed by atoms with van der Waals surface area (Å²) in [6, 6.07) is -0.224. The van der Waals surface area contributed by atoms with E-state index in [-0.39, 0.29) is 6.04 Å². The van der Waals surface area contributed by atoms with Gasteiger partial charge in [0.15, 0.2) is 0 Å². The van der Waals surface area contributed by atoms with Crippen LogP contribution in [0.15, 0.2) is 12.2 Å². The number of hydrogen-bond acceptors (Lipinski definition) is 2. The summed E-state index contributed by atoms with van der Waals surface area (Å²) in [5.74, 6) is -1.04. The van der Waals surface area contributed by atoms with Crippen LogP contribution in [0.25, 0.3) is 0 Å². The highest BCUT2D eigenvalue weighted by atomic mass is 19.4. The van der Waals surface area contributed by atoms with Gasteiger partial charge in [-0.3, -0.25) is 4.79 Å². The summed E-state index contributed by atoms with van der Waals surface area (Å²) >= 11 is 0. The Morgan fingerprint density at radius 2 is 2.13 bits per heavy atom. The van der Waals surface area contributed by atoms with Gasteiger partial charge in [-0.05, 0) is 6.42 Å². The van der Waals surface area contributed by atoms with Crippen molar-refractivity contribution in [2.45, 2.75) is 18.6 Å². The molecule has 1 amide bonds. The number of amides is 1. The van der Waals surface area contributed by atoms with E-state index in [0.717, 1.165) is 7.05 Å². The third-order valence-corrected chi connectivity index (χ3v) is 2.23. The van der Waals surface area contributed by atoms with Crippen molar-refractivity contribution in [3.05, 3.63) is 12.2 Å². The van der Waals surface area contributed by atoms with Crippen LogP contribution in [-0.4, -0.2) is 36.6 Å². The lowest BCUT2D eigenvalue weighted by molar-refractivity contribution is -0.160. The molecule has 86 valence electrons. The standard InChI is InChI=1S/C9H13F3N2O/c1-14(5-9(10,11)12)8(15)6-2-3-7(13)4-6/h2-3,6-7H,4-5,13H2,1H3. The minimum absolute atomic E-state index is 0.224. The Morgan fingerprint density at radius 1 is 1.53 bits per heavy atom. The second-order valence-electron chi connectivity index (χ2n) is 3.70. The predicted molar refractivity (Wildman–Crippen MR) is 48.9 cm³/mol. The smallest absolute Gasteiger partial charge is 0.336 e. The Morgan fingerprint density at radius 3 is 2.53 bits per heavy atom.